The Morgan fingerprint density at radius 2 is 2.36 bits per heavy atom. The average Bonchev–Trinajstić information content (AvgIpc) is 2.85. The number of carbonyl (C=O) groups excluding carboxylic acids is 1. The van der Waals surface area contributed by atoms with E-state index in [9.17, 15) is 4.79 Å². The van der Waals surface area contributed by atoms with Gasteiger partial charge in [-0.25, -0.2) is 0 Å². The molecule has 2 N–H and O–H groups in total. The molecule has 1 fully saturated rings. The monoisotopic (exact) mass is 212 g/mol. The highest BCUT2D eigenvalue weighted by Gasteiger charge is 2.26. The van der Waals surface area contributed by atoms with Gasteiger partial charge in [0, 0.05) is 13.6 Å². The van der Waals surface area contributed by atoms with E-state index in [2.05, 4.69) is 10.2 Å². The minimum atomic E-state index is -0.0777. The lowest BCUT2D eigenvalue weighted by atomic mass is 10.4. The van der Waals surface area contributed by atoms with Crippen molar-refractivity contribution in [2.45, 2.75) is 12.8 Å². The molecule has 76 valence electrons. The molecule has 0 saturated heterocycles. The van der Waals surface area contributed by atoms with Gasteiger partial charge in [-0.3, -0.25) is 4.79 Å². The lowest BCUT2D eigenvalue weighted by Crippen LogP contribution is -2.28. The van der Waals surface area contributed by atoms with Crippen molar-refractivity contribution in [3.63, 3.8) is 0 Å². The third-order valence-electron chi connectivity index (χ3n) is 2.20. The lowest BCUT2D eigenvalue weighted by Gasteiger charge is -2.14. The third kappa shape index (κ3) is 2.01. The summed E-state index contributed by atoms with van der Waals surface area (Å²) in [7, 11) is 1.79. The molecule has 0 unspecified atom stereocenters. The number of rotatable bonds is 3. The molecule has 0 spiro atoms. The Balaban J connectivity index is 1.99. The molecular formula is C8H12N4OS. The first-order valence-corrected chi connectivity index (χ1v) is 5.33. The molecule has 1 aromatic rings. The minimum Gasteiger partial charge on any atom is -0.374 e. The molecule has 1 aliphatic carbocycles. The number of hydrogen-bond donors (Lipinski definition) is 1. The van der Waals surface area contributed by atoms with Crippen molar-refractivity contribution in [3.05, 3.63) is 5.01 Å². The number of nitrogens with two attached hydrogens (primary N) is 1. The predicted octanol–water partition coefficient (Wildman–Crippen LogP) is 0.602. The highest BCUT2D eigenvalue weighted by molar-refractivity contribution is 7.16. The zero-order valence-corrected chi connectivity index (χ0v) is 8.75. The van der Waals surface area contributed by atoms with Crippen LogP contribution in [0.4, 0.5) is 5.13 Å². The number of hydrogen-bond acceptors (Lipinski definition) is 5. The zero-order chi connectivity index (χ0) is 10.1. The fourth-order valence-electron chi connectivity index (χ4n) is 1.25. The molecule has 6 heteroatoms. The Morgan fingerprint density at radius 1 is 1.64 bits per heavy atom. The molecule has 1 saturated carbocycles. The second-order valence-corrected chi connectivity index (χ2v) is 4.58. The van der Waals surface area contributed by atoms with Gasteiger partial charge in [0.2, 0.25) is 10.1 Å². The quantitative estimate of drug-likeness (QED) is 0.796. The topological polar surface area (TPSA) is 72.1 Å². The second kappa shape index (κ2) is 3.53. The van der Waals surface area contributed by atoms with Crippen molar-refractivity contribution in [3.8, 4) is 0 Å². The van der Waals surface area contributed by atoms with Crippen LogP contribution in [-0.2, 0) is 0 Å². The standard InChI is InChI=1S/C8H12N4OS/c1-12(4-5-2-3-5)7(13)6-10-11-8(9)14-6/h5H,2-4H2,1H3,(H2,9,11). The number of carbonyl (C=O) groups is 1. The van der Waals surface area contributed by atoms with E-state index < -0.39 is 0 Å². The van der Waals surface area contributed by atoms with Crippen molar-refractivity contribution in [2.24, 2.45) is 5.92 Å². The number of anilines is 1. The van der Waals surface area contributed by atoms with Crippen LogP contribution in [0.15, 0.2) is 0 Å². The maximum atomic E-state index is 11.7. The van der Waals surface area contributed by atoms with Gasteiger partial charge in [-0.2, -0.15) is 0 Å². The smallest absolute Gasteiger partial charge is 0.284 e. The summed E-state index contributed by atoms with van der Waals surface area (Å²) in [5.74, 6) is 0.611. The molecule has 0 aliphatic heterocycles. The highest BCUT2D eigenvalue weighted by Crippen LogP contribution is 2.29. The molecule has 1 heterocycles. The molecule has 14 heavy (non-hydrogen) atoms. The van der Waals surface area contributed by atoms with Crippen molar-refractivity contribution in [1.82, 2.24) is 15.1 Å². The molecule has 0 bridgehead atoms. The third-order valence-corrected chi connectivity index (χ3v) is 2.94. The summed E-state index contributed by atoms with van der Waals surface area (Å²) in [5, 5.41) is 8.05. The van der Waals surface area contributed by atoms with Crippen LogP contribution in [0.3, 0.4) is 0 Å². The van der Waals surface area contributed by atoms with Crippen molar-refractivity contribution in [1.29, 1.82) is 0 Å². The van der Waals surface area contributed by atoms with E-state index in [1.807, 2.05) is 0 Å². The minimum absolute atomic E-state index is 0.0777. The van der Waals surface area contributed by atoms with Gasteiger partial charge in [-0.1, -0.05) is 11.3 Å². The summed E-state index contributed by atoms with van der Waals surface area (Å²) in [6, 6.07) is 0. The maximum Gasteiger partial charge on any atom is 0.284 e. The van der Waals surface area contributed by atoms with Crippen LogP contribution < -0.4 is 5.73 Å². The second-order valence-electron chi connectivity index (χ2n) is 3.57. The van der Waals surface area contributed by atoms with Gasteiger partial charge in [-0.05, 0) is 18.8 Å². The molecule has 0 radical (unpaired) electrons. The average molecular weight is 212 g/mol. The van der Waals surface area contributed by atoms with Crippen LogP contribution >= 0.6 is 11.3 Å². The first-order chi connectivity index (χ1) is 6.66. The van der Waals surface area contributed by atoms with Crippen LogP contribution in [0.5, 0.6) is 0 Å². The summed E-state index contributed by atoms with van der Waals surface area (Å²) in [4.78, 5) is 13.4. The SMILES string of the molecule is CN(CC1CC1)C(=O)c1nnc(N)s1. The number of nitrogens with zero attached hydrogens (tertiary/aromatic N) is 3. The van der Waals surface area contributed by atoms with Crippen molar-refractivity contribution < 1.29 is 4.79 Å². The van der Waals surface area contributed by atoms with Gasteiger partial charge in [-0.15, -0.1) is 10.2 Å². The zero-order valence-electron chi connectivity index (χ0n) is 7.93. The number of amides is 1. The van der Waals surface area contributed by atoms with Gasteiger partial charge < -0.3 is 10.6 Å². The highest BCUT2D eigenvalue weighted by atomic mass is 32.1. The Hall–Kier alpha value is -1.17. The van der Waals surface area contributed by atoms with Gasteiger partial charge >= 0.3 is 0 Å². The van der Waals surface area contributed by atoms with E-state index >= 15 is 0 Å². The molecule has 5 nitrogen and oxygen atoms in total. The van der Waals surface area contributed by atoms with Gasteiger partial charge in [0.1, 0.15) is 0 Å². The number of aromatic nitrogens is 2. The van der Waals surface area contributed by atoms with Crippen LogP contribution in [0, 0.1) is 5.92 Å². The maximum absolute atomic E-state index is 11.7. The van der Waals surface area contributed by atoms with Crippen LogP contribution in [-0.4, -0.2) is 34.6 Å². The van der Waals surface area contributed by atoms with Crippen LogP contribution in [0.25, 0.3) is 0 Å². The van der Waals surface area contributed by atoms with Gasteiger partial charge in [0.15, 0.2) is 0 Å². The molecule has 0 aromatic carbocycles. The predicted molar refractivity (Wildman–Crippen MR) is 54.0 cm³/mol. The summed E-state index contributed by atoms with van der Waals surface area (Å²) in [6.07, 6.45) is 2.46. The number of nitrogen functional groups attached to an aromatic ring is 1. The van der Waals surface area contributed by atoms with E-state index in [0.717, 1.165) is 17.9 Å². The lowest BCUT2D eigenvalue weighted by molar-refractivity contribution is 0.0787. The van der Waals surface area contributed by atoms with Crippen LogP contribution in [0.1, 0.15) is 22.6 Å². The molecule has 1 aliphatic rings. The Labute approximate surface area is 85.9 Å². The molecule has 2 rings (SSSR count). The van der Waals surface area contributed by atoms with Gasteiger partial charge in [0.05, 0.1) is 0 Å². The molecular weight excluding hydrogens is 200 g/mol. The molecule has 1 aromatic heterocycles. The fraction of sp³-hybridized carbons (Fsp3) is 0.625. The van der Waals surface area contributed by atoms with E-state index in [-0.39, 0.29) is 5.91 Å². The Morgan fingerprint density at radius 3 is 2.86 bits per heavy atom. The largest absolute Gasteiger partial charge is 0.374 e. The Bertz CT molecular complexity index is 347. The first-order valence-electron chi connectivity index (χ1n) is 4.51. The summed E-state index contributed by atoms with van der Waals surface area (Å²) >= 11 is 1.14. The van der Waals surface area contributed by atoms with E-state index in [0.29, 0.717) is 16.1 Å². The summed E-state index contributed by atoms with van der Waals surface area (Å²) in [5.41, 5.74) is 5.40. The summed E-state index contributed by atoms with van der Waals surface area (Å²) < 4.78 is 0. The summed E-state index contributed by atoms with van der Waals surface area (Å²) in [6.45, 7) is 0.818. The van der Waals surface area contributed by atoms with Crippen molar-refractivity contribution >= 4 is 22.4 Å². The molecule has 0 atom stereocenters. The molecule has 1 amide bonds. The van der Waals surface area contributed by atoms with Gasteiger partial charge in [0.25, 0.3) is 5.91 Å². The van der Waals surface area contributed by atoms with Crippen LogP contribution in [0.2, 0.25) is 0 Å². The van der Waals surface area contributed by atoms with E-state index in [1.54, 1.807) is 11.9 Å². The fourth-order valence-corrected chi connectivity index (χ4v) is 1.86. The van der Waals surface area contributed by atoms with E-state index in [4.69, 9.17) is 5.73 Å². The normalized spacial score (nSPS) is 15.5. The first kappa shape index (κ1) is 9.39. The van der Waals surface area contributed by atoms with E-state index in [1.165, 1.54) is 12.8 Å². The Kier molecular flexibility index (Phi) is 2.37. The van der Waals surface area contributed by atoms with Crippen molar-refractivity contribution in [2.75, 3.05) is 19.3 Å².